The van der Waals surface area contributed by atoms with Crippen LogP contribution in [0.2, 0.25) is 0 Å². The molecule has 10 nitrogen and oxygen atoms in total. The van der Waals surface area contributed by atoms with Crippen LogP contribution in [0.3, 0.4) is 0 Å². The largest absolute Gasteiger partial charge is 0.486 e. The number of sulfonamides is 1. The third-order valence-electron chi connectivity index (χ3n) is 8.28. The minimum atomic E-state index is -3.76. The Morgan fingerprint density at radius 2 is 1.65 bits per heavy atom. The zero-order chi connectivity index (χ0) is 30.5. The SMILES string of the molecule is CN(CC(C(=O)N1CC2=C(C1)CN(S(=O)(=O)c1ccc3c(c1)OCCO3)C2)c1cccc(C2CC2)c1)C(=O)OC(C)(C)C. The molecule has 230 valence electrons. The Balaban J connectivity index is 1.16. The van der Waals surface area contributed by atoms with Gasteiger partial charge in [-0.05, 0) is 73.9 Å². The van der Waals surface area contributed by atoms with Crippen LogP contribution < -0.4 is 9.47 Å². The van der Waals surface area contributed by atoms with Crippen molar-refractivity contribution in [3.05, 3.63) is 64.7 Å². The molecule has 6 rings (SSSR count). The number of amides is 2. The van der Waals surface area contributed by atoms with Gasteiger partial charge in [0.15, 0.2) is 11.5 Å². The second-order valence-corrected chi connectivity index (χ2v) is 14.8. The van der Waals surface area contributed by atoms with Gasteiger partial charge in [-0.2, -0.15) is 4.31 Å². The lowest BCUT2D eigenvalue weighted by Gasteiger charge is -2.30. The normalized spacial score (nSPS) is 19.3. The molecule has 0 radical (unpaired) electrons. The van der Waals surface area contributed by atoms with Gasteiger partial charge in [0.25, 0.3) is 0 Å². The highest BCUT2D eigenvalue weighted by atomic mass is 32.2. The topological polar surface area (TPSA) is 106 Å². The van der Waals surface area contributed by atoms with E-state index in [0.717, 1.165) is 29.6 Å². The average Bonchev–Trinajstić information content (AvgIpc) is 3.62. The van der Waals surface area contributed by atoms with Gasteiger partial charge in [-0.15, -0.1) is 0 Å². The second-order valence-electron chi connectivity index (χ2n) is 12.8. The van der Waals surface area contributed by atoms with Gasteiger partial charge in [0, 0.05) is 45.8 Å². The van der Waals surface area contributed by atoms with E-state index < -0.39 is 27.6 Å². The van der Waals surface area contributed by atoms with Crippen LogP contribution in [0.25, 0.3) is 0 Å². The minimum Gasteiger partial charge on any atom is -0.486 e. The predicted molar refractivity (Wildman–Crippen MR) is 160 cm³/mol. The number of hydrogen-bond acceptors (Lipinski definition) is 7. The molecule has 2 aromatic carbocycles. The summed E-state index contributed by atoms with van der Waals surface area (Å²) >= 11 is 0. The predicted octanol–water partition coefficient (Wildman–Crippen LogP) is 4.13. The van der Waals surface area contributed by atoms with E-state index in [1.807, 2.05) is 32.9 Å². The average molecular weight is 610 g/mol. The number of nitrogens with zero attached hydrogens (tertiary/aromatic N) is 3. The van der Waals surface area contributed by atoms with Crippen molar-refractivity contribution in [3.8, 4) is 11.5 Å². The fourth-order valence-electron chi connectivity index (χ4n) is 5.89. The third kappa shape index (κ3) is 6.24. The molecule has 0 saturated heterocycles. The van der Waals surface area contributed by atoms with Gasteiger partial charge in [-0.3, -0.25) is 4.79 Å². The quantitative estimate of drug-likeness (QED) is 0.435. The molecule has 4 aliphatic rings. The smallest absolute Gasteiger partial charge is 0.410 e. The van der Waals surface area contributed by atoms with Gasteiger partial charge in [0.1, 0.15) is 18.8 Å². The molecule has 0 aromatic heterocycles. The zero-order valence-electron chi connectivity index (χ0n) is 25.2. The number of ether oxygens (including phenoxy) is 3. The van der Waals surface area contributed by atoms with Crippen LogP contribution in [-0.2, 0) is 19.6 Å². The molecule has 0 bridgehead atoms. The van der Waals surface area contributed by atoms with Crippen molar-refractivity contribution >= 4 is 22.0 Å². The Labute approximate surface area is 253 Å². The lowest BCUT2D eigenvalue weighted by atomic mass is 9.94. The molecule has 43 heavy (non-hydrogen) atoms. The summed E-state index contributed by atoms with van der Waals surface area (Å²) < 4.78 is 45.2. The van der Waals surface area contributed by atoms with Crippen molar-refractivity contribution in [2.24, 2.45) is 0 Å². The van der Waals surface area contributed by atoms with E-state index in [0.29, 0.717) is 43.7 Å². The molecular formula is C32H39N3O7S. The molecule has 0 N–H and O–H groups in total. The summed E-state index contributed by atoms with van der Waals surface area (Å²) in [4.78, 5) is 30.4. The first-order chi connectivity index (χ1) is 20.4. The van der Waals surface area contributed by atoms with Gasteiger partial charge in [0.05, 0.1) is 10.8 Å². The first-order valence-electron chi connectivity index (χ1n) is 14.8. The molecule has 3 heterocycles. The van der Waals surface area contributed by atoms with E-state index in [2.05, 4.69) is 12.1 Å². The lowest BCUT2D eigenvalue weighted by Crippen LogP contribution is -2.43. The highest BCUT2D eigenvalue weighted by Gasteiger charge is 2.40. The van der Waals surface area contributed by atoms with Gasteiger partial charge in [-0.25, -0.2) is 13.2 Å². The van der Waals surface area contributed by atoms with Crippen molar-refractivity contribution in [1.29, 1.82) is 0 Å². The van der Waals surface area contributed by atoms with Gasteiger partial charge in [-0.1, -0.05) is 24.3 Å². The van der Waals surface area contributed by atoms with E-state index in [-0.39, 0.29) is 30.4 Å². The summed E-state index contributed by atoms with van der Waals surface area (Å²) in [5.41, 5.74) is 3.33. The molecule has 2 amide bonds. The van der Waals surface area contributed by atoms with E-state index in [9.17, 15) is 18.0 Å². The third-order valence-corrected chi connectivity index (χ3v) is 10.1. The van der Waals surface area contributed by atoms with Crippen LogP contribution in [0.4, 0.5) is 4.79 Å². The van der Waals surface area contributed by atoms with Gasteiger partial charge in [0.2, 0.25) is 15.9 Å². The fraction of sp³-hybridized carbons (Fsp3) is 0.500. The number of rotatable bonds is 7. The van der Waals surface area contributed by atoms with Crippen molar-refractivity contribution in [2.45, 2.75) is 55.9 Å². The number of carbonyl (C=O) groups excluding carboxylic acids is 2. The molecule has 0 spiro atoms. The van der Waals surface area contributed by atoms with E-state index in [1.54, 1.807) is 24.1 Å². The lowest BCUT2D eigenvalue weighted by molar-refractivity contribution is -0.132. The van der Waals surface area contributed by atoms with Crippen LogP contribution in [-0.4, -0.2) is 93.1 Å². The maximum absolute atomic E-state index is 14.1. The van der Waals surface area contributed by atoms with E-state index in [4.69, 9.17) is 14.2 Å². The molecule has 1 fully saturated rings. The monoisotopic (exact) mass is 609 g/mol. The molecule has 1 saturated carbocycles. The van der Waals surface area contributed by atoms with Crippen molar-refractivity contribution in [2.75, 3.05) is 53.0 Å². The summed E-state index contributed by atoms with van der Waals surface area (Å²) in [6, 6.07) is 12.8. The minimum absolute atomic E-state index is 0.0843. The van der Waals surface area contributed by atoms with Crippen molar-refractivity contribution in [3.63, 3.8) is 0 Å². The Hall–Kier alpha value is -3.57. The van der Waals surface area contributed by atoms with Crippen molar-refractivity contribution < 1.29 is 32.2 Å². The standard InChI is InChI=1S/C32H39N3O7S/c1-32(2,3)42-31(37)33(4)20-27(23-7-5-6-22(14-23)21-8-9-21)30(36)34-16-24-18-35(19-25(24)17-34)43(38,39)26-10-11-28-29(15-26)41-13-12-40-28/h5-7,10-11,14-15,21,27H,8-9,12-13,16-20H2,1-4H3. The Bertz CT molecular complexity index is 1560. The maximum atomic E-state index is 14.1. The summed E-state index contributed by atoms with van der Waals surface area (Å²) in [5, 5.41) is 0. The number of likely N-dealkylation sites (N-methyl/N-ethyl adjacent to an activating group) is 1. The molecule has 1 aliphatic carbocycles. The number of benzene rings is 2. The highest BCUT2D eigenvalue weighted by molar-refractivity contribution is 7.89. The van der Waals surface area contributed by atoms with Crippen LogP contribution in [0.5, 0.6) is 11.5 Å². The first kappa shape index (κ1) is 29.5. The Kier molecular flexibility index (Phi) is 7.66. The highest BCUT2D eigenvalue weighted by Crippen LogP contribution is 2.41. The maximum Gasteiger partial charge on any atom is 0.410 e. The van der Waals surface area contributed by atoms with E-state index in [1.165, 1.54) is 20.8 Å². The summed E-state index contributed by atoms with van der Waals surface area (Å²) in [5.74, 6) is 0.833. The van der Waals surface area contributed by atoms with Gasteiger partial charge >= 0.3 is 6.09 Å². The summed E-state index contributed by atoms with van der Waals surface area (Å²) in [6.07, 6.45) is 1.81. The summed E-state index contributed by atoms with van der Waals surface area (Å²) in [6.45, 7) is 7.60. The molecule has 11 heteroatoms. The van der Waals surface area contributed by atoms with E-state index >= 15 is 0 Å². The van der Waals surface area contributed by atoms with Crippen LogP contribution in [0.15, 0.2) is 58.5 Å². The molecule has 1 atom stereocenters. The fourth-order valence-corrected chi connectivity index (χ4v) is 7.33. The van der Waals surface area contributed by atoms with Crippen LogP contribution in [0.1, 0.15) is 56.6 Å². The van der Waals surface area contributed by atoms with Crippen LogP contribution >= 0.6 is 0 Å². The number of carbonyl (C=O) groups is 2. The van der Waals surface area contributed by atoms with Gasteiger partial charge < -0.3 is 24.0 Å². The Morgan fingerprint density at radius 3 is 2.30 bits per heavy atom. The first-order valence-corrected chi connectivity index (χ1v) is 16.3. The Morgan fingerprint density at radius 1 is 0.977 bits per heavy atom. The molecular weight excluding hydrogens is 570 g/mol. The second kappa shape index (κ2) is 11.2. The molecule has 1 unspecified atom stereocenters. The number of fused-ring (bicyclic) bond motifs is 1. The zero-order valence-corrected chi connectivity index (χ0v) is 26.0. The summed E-state index contributed by atoms with van der Waals surface area (Å²) in [7, 11) is -2.11. The molecule has 3 aliphatic heterocycles. The number of hydrogen-bond donors (Lipinski definition) is 0. The van der Waals surface area contributed by atoms with Crippen molar-refractivity contribution in [1.82, 2.24) is 14.1 Å². The molecule has 2 aromatic rings. The van der Waals surface area contributed by atoms with Crippen LogP contribution in [0, 0.1) is 0 Å².